The van der Waals surface area contributed by atoms with Crippen LogP contribution in [0.2, 0.25) is 0 Å². The Morgan fingerprint density at radius 3 is 2.55 bits per heavy atom. The van der Waals surface area contributed by atoms with Crippen LogP contribution in [0, 0.1) is 0 Å². The number of benzene rings is 1. The first-order valence-corrected chi connectivity index (χ1v) is 8.73. The number of methoxy groups -OCH3 is 1. The van der Waals surface area contributed by atoms with Gasteiger partial charge in [-0.2, -0.15) is 0 Å². The lowest BCUT2D eigenvalue weighted by Gasteiger charge is -2.09. The molecule has 0 spiro atoms. The van der Waals surface area contributed by atoms with E-state index in [1.807, 2.05) is 0 Å². The minimum atomic E-state index is -3.49. The fourth-order valence-electron chi connectivity index (χ4n) is 1.69. The van der Waals surface area contributed by atoms with Gasteiger partial charge in [-0.3, -0.25) is 0 Å². The van der Waals surface area contributed by atoms with E-state index in [4.69, 9.17) is 9.84 Å². The second-order valence-electron chi connectivity index (χ2n) is 4.33. The Labute approximate surface area is 128 Å². The number of hydrogen-bond donors (Lipinski definition) is 2. The number of ether oxygens (including phenoxy) is 1. The molecule has 1 aromatic rings. The quantitative estimate of drug-likeness (QED) is 0.658. The fourth-order valence-corrected chi connectivity index (χ4v) is 3.49. The second-order valence-corrected chi connectivity index (χ2v) is 6.95. The van der Waals surface area contributed by atoms with E-state index in [2.05, 4.69) is 20.7 Å². The summed E-state index contributed by atoms with van der Waals surface area (Å²) in [7, 11) is -1.96. The first kappa shape index (κ1) is 17.4. The number of aliphatic hydroxyl groups is 1. The van der Waals surface area contributed by atoms with Crippen LogP contribution in [-0.4, -0.2) is 33.8 Å². The predicted molar refractivity (Wildman–Crippen MR) is 81.4 cm³/mol. The van der Waals surface area contributed by atoms with E-state index in [1.54, 1.807) is 6.07 Å². The van der Waals surface area contributed by atoms with Crippen molar-refractivity contribution in [3.63, 3.8) is 0 Å². The molecule has 20 heavy (non-hydrogen) atoms. The number of sulfonamides is 1. The normalized spacial score (nSPS) is 11.6. The van der Waals surface area contributed by atoms with Crippen molar-refractivity contribution < 1.29 is 18.3 Å². The first-order chi connectivity index (χ1) is 9.51. The summed E-state index contributed by atoms with van der Waals surface area (Å²) in [5.41, 5.74) is 0. The number of aliphatic hydroxyl groups excluding tert-OH is 1. The molecule has 0 saturated heterocycles. The largest absolute Gasteiger partial charge is 0.496 e. The average molecular weight is 366 g/mol. The summed E-state index contributed by atoms with van der Waals surface area (Å²) >= 11 is 3.27. The van der Waals surface area contributed by atoms with Crippen LogP contribution in [0.1, 0.15) is 25.7 Å². The van der Waals surface area contributed by atoms with Crippen molar-refractivity contribution in [1.29, 1.82) is 0 Å². The van der Waals surface area contributed by atoms with E-state index < -0.39 is 10.0 Å². The van der Waals surface area contributed by atoms with Crippen molar-refractivity contribution in [2.24, 2.45) is 0 Å². The molecule has 1 rings (SSSR count). The van der Waals surface area contributed by atoms with E-state index in [1.165, 1.54) is 19.2 Å². The molecule has 0 aliphatic rings. The maximum Gasteiger partial charge on any atom is 0.240 e. The second kappa shape index (κ2) is 8.61. The third-order valence-corrected chi connectivity index (χ3v) is 4.89. The van der Waals surface area contributed by atoms with Gasteiger partial charge in [-0.25, -0.2) is 13.1 Å². The highest BCUT2D eigenvalue weighted by molar-refractivity contribution is 9.10. The van der Waals surface area contributed by atoms with E-state index in [0.29, 0.717) is 16.8 Å². The van der Waals surface area contributed by atoms with Gasteiger partial charge in [0.15, 0.2) is 0 Å². The highest BCUT2D eigenvalue weighted by atomic mass is 79.9. The Kier molecular flexibility index (Phi) is 7.50. The molecule has 0 aliphatic heterocycles. The summed E-state index contributed by atoms with van der Waals surface area (Å²) < 4.78 is 32.4. The van der Waals surface area contributed by atoms with Crippen LogP contribution in [-0.2, 0) is 10.0 Å². The summed E-state index contributed by atoms with van der Waals surface area (Å²) in [6.07, 6.45) is 3.33. The van der Waals surface area contributed by atoms with Crippen molar-refractivity contribution >= 4 is 26.0 Å². The lowest BCUT2D eigenvalue weighted by atomic mass is 10.2. The van der Waals surface area contributed by atoms with E-state index >= 15 is 0 Å². The van der Waals surface area contributed by atoms with Crippen LogP contribution in [0.15, 0.2) is 27.6 Å². The summed E-state index contributed by atoms with van der Waals surface area (Å²) in [5, 5.41) is 8.64. The van der Waals surface area contributed by atoms with Gasteiger partial charge in [0.1, 0.15) is 5.75 Å². The Bertz CT molecular complexity index is 519. The van der Waals surface area contributed by atoms with Gasteiger partial charge in [-0.05, 0) is 47.0 Å². The summed E-state index contributed by atoms with van der Waals surface area (Å²) in [6, 6.07) is 4.64. The van der Waals surface area contributed by atoms with Crippen molar-refractivity contribution in [2.75, 3.05) is 20.3 Å². The Hall–Kier alpha value is -0.630. The van der Waals surface area contributed by atoms with Crippen molar-refractivity contribution in [3.05, 3.63) is 22.7 Å². The molecule has 0 aliphatic carbocycles. The van der Waals surface area contributed by atoms with Crippen LogP contribution < -0.4 is 9.46 Å². The van der Waals surface area contributed by atoms with Crippen LogP contribution >= 0.6 is 15.9 Å². The molecule has 0 unspecified atom stereocenters. The predicted octanol–water partition coefficient (Wildman–Crippen LogP) is 2.29. The molecule has 2 N–H and O–H groups in total. The van der Waals surface area contributed by atoms with Gasteiger partial charge >= 0.3 is 0 Å². The maximum absolute atomic E-state index is 12.1. The maximum atomic E-state index is 12.1. The van der Waals surface area contributed by atoms with Crippen molar-refractivity contribution in [3.8, 4) is 5.75 Å². The van der Waals surface area contributed by atoms with Gasteiger partial charge < -0.3 is 9.84 Å². The van der Waals surface area contributed by atoms with Crippen LogP contribution in [0.5, 0.6) is 5.75 Å². The van der Waals surface area contributed by atoms with Gasteiger partial charge in [0, 0.05) is 13.2 Å². The molecular formula is C13H20BrNO4S. The molecule has 0 heterocycles. The summed E-state index contributed by atoms with van der Waals surface area (Å²) in [5.74, 6) is 0.591. The Morgan fingerprint density at radius 1 is 1.25 bits per heavy atom. The number of hydrogen-bond acceptors (Lipinski definition) is 4. The molecule has 0 atom stereocenters. The van der Waals surface area contributed by atoms with Crippen LogP contribution in [0.4, 0.5) is 0 Å². The number of rotatable bonds is 9. The van der Waals surface area contributed by atoms with Gasteiger partial charge in [0.25, 0.3) is 0 Å². The monoisotopic (exact) mass is 365 g/mol. The first-order valence-electron chi connectivity index (χ1n) is 6.45. The zero-order valence-corrected chi connectivity index (χ0v) is 13.8. The fraction of sp³-hybridized carbons (Fsp3) is 0.538. The third kappa shape index (κ3) is 5.40. The number of nitrogens with one attached hydrogen (secondary N) is 1. The molecule has 0 amide bonds. The van der Waals surface area contributed by atoms with Crippen molar-refractivity contribution in [2.45, 2.75) is 30.6 Å². The van der Waals surface area contributed by atoms with E-state index in [0.717, 1.165) is 25.7 Å². The molecule has 0 radical (unpaired) electrons. The van der Waals surface area contributed by atoms with Gasteiger partial charge in [0.05, 0.1) is 16.5 Å². The molecule has 0 saturated carbocycles. The molecule has 7 heteroatoms. The van der Waals surface area contributed by atoms with Crippen molar-refractivity contribution in [1.82, 2.24) is 4.72 Å². The van der Waals surface area contributed by atoms with Gasteiger partial charge in [-0.15, -0.1) is 0 Å². The number of halogens is 1. The third-order valence-electron chi connectivity index (χ3n) is 2.81. The highest BCUT2D eigenvalue weighted by Gasteiger charge is 2.15. The van der Waals surface area contributed by atoms with E-state index in [9.17, 15) is 8.42 Å². The zero-order chi connectivity index (χ0) is 15.0. The highest BCUT2D eigenvalue weighted by Crippen LogP contribution is 2.27. The minimum absolute atomic E-state index is 0.186. The molecule has 0 aromatic heterocycles. The average Bonchev–Trinajstić information content (AvgIpc) is 2.42. The molecule has 5 nitrogen and oxygen atoms in total. The molecule has 0 fully saturated rings. The van der Waals surface area contributed by atoms with Gasteiger partial charge in [0.2, 0.25) is 10.0 Å². The lowest BCUT2D eigenvalue weighted by molar-refractivity contribution is 0.282. The van der Waals surface area contributed by atoms with Gasteiger partial charge in [-0.1, -0.05) is 12.8 Å². The SMILES string of the molecule is COc1ccc(S(=O)(=O)NCCCCCCO)cc1Br. The number of unbranched alkanes of at least 4 members (excludes halogenated alkanes) is 3. The molecular weight excluding hydrogens is 346 g/mol. The lowest BCUT2D eigenvalue weighted by Crippen LogP contribution is -2.24. The zero-order valence-electron chi connectivity index (χ0n) is 11.4. The molecule has 114 valence electrons. The molecule has 0 bridgehead atoms. The standard InChI is InChI=1S/C13H20BrNO4S/c1-19-13-7-6-11(10-12(13)14)20(17,18)15-8-4-2-3-5-9-16/h6-7,10,15-16H,2-5,8-9H2,1H3. The minimum Gasteiger partial charge on any atom is -0.496 e. The smallest absolute Gasteiger partial charge is 0.240 e. The van der Waals surface area contributed by atoms with Crippen LogP contribution in [0.3, 0.4) is 0 Å². The Morgan fingerprint density at radius 2 is 1.95 bits per heavy atom. The topological polar surface area (TPSA) is 75.6 Å². The Balaban J connectivity index is 2.54. The van der Waals surface area contributed by atoms with Crippen LogP contribution in [0.25, 0.3) is 0 Å². The summed E-state index contributed by atoms with van der Waals surface area (Å²) in [4.78, 5) is 0.209. The molecule has 1 aromatic carbocycles. The van der Waals surface area contributed by atoms with E-state index in [-0.39, 0.29) is 11.5 Å². The summed E-state index contributed by atoms with van der Waals surface area (Å²) in [6.45, 7) is 0.586.